The number of carbonyl (C=O) groups is 1. The Hall–Kier alpha value is -2.82. The Balaban J connectivity index is 2.02. The predicted molar refractivity (Wildman–Crippen MR) is 118 cm³/mol. The molecule has 1 N–H and O–H groups in total. The van der Waals surface area contributed by atoms with Gasteiger partial charge in [-0.15, -0.1) is 0 Å². The molecule has 10 nitrogen and oxygen atoms in total. The second-order valence-corrected chi connectivity index (χ2v) is 7.43. The van der Waals surface area contributed by atoms with Gasteiger partial charge in [-0.3, -0.25) is 4.68 Å². The van der Waals surface area contributed by atoms with Crippen molar-refractivity contribution in [3.63, 3.8) is 0 Å². The standard InChI is InChI=1S/C20H26ClN7O3/c1-5-30-10-9-28-17-15(16(26-28)19(29)31-11-8-27(3)4)24-20(21)25-18(17)23-14-12-13(2)6-7-22-14/h6-7,12H,5,8-11H2,1-4H3,(H,22,23,24,25). The summed E-state index contributed by atoms with van der Waals surface area (Å²) in [5, 5.41) is 7.59. The van der Waals surface area contributed by atoms with E-state index in [0.29, 0.717) is 49.0 Å². The first-order valence-corrected chi connectivity index (χ1v) is 10.3. The Morgan fingerprint density at radius 2 is 2.10 bits per heavy atom. The van der Waals surface area contributed by atoms with Crippen LogP contribution in [-0.2, 0) is 16.0 Å². The van der Waals surface area contributed by atoms with E-state index in [4.69, 9.17) is 21.1 Å². The summed E-state index contributed by atoms with van der Waals surface area (Å²) in [5.41, 5.74) is 1.94. The molecule has 0 amide bonds. The molecule has 0 aliphatic carbocycles. The number of aryl methyl sites for hydroxylation is 1. The molecule has 0 saturated carbocycles. The summed E-state index contributed by atoms with van der Waals surface area (Å²) < 4.78 is 12.5. The topological polar surface area (TPSA) is 107 Å². The molecule has 0 bridgehead atoms. The Morgan fingerprint density at radius 3 is 2.81 bits per heavy atom. The van der Waals surface area contributed by atoms with Gasteiger partial charge in [0, 0.05) is 19.3 Å². The van der Waals surface area contributed by atoms with Crippen LogP contribution in [-0.4, -0.2) is 76.1 Å². The van der Waals surface area contributed by atoms with Crippen LogP contribution >= 0.6 is 11.6 Å². The molecule has 0 unspecified atom stereocenters. The number of likely N-dealkylation sites (N-methyl/N-ethyl adjacent to an activating group) is 1. The van der Waals surface area contributed by atoms with Crippen molar-refractivity contribution in [3.05, 3.63) is 34.9 Å². The first kappa shape index (κ1) is 22.9. The Morgan fingerprint density at radius 1 is 1.29 bits per heavy atom. The van der Waals surface area contributed by atoms with Crippen LogP contribution in [0.25, 0.3) is 11.0 Å². The van der Waals surface area contributed by atoms with E-state index in [9.17, 15) is 4.79 Å². The zero-order valence-electron chi connectivity index (χ0n) is 18.1. The summed E-state index contributed by atoms with van der Waals surface area (Å²) in [4.78, 5) is 27.5. The van der Waals surface area contributed by atoms with E-state index in [1.54, 1.807) is 10.9 Å². The van der Waals surface area contributed by atoms with Gasteiger partial charge in [0.25, 0.3) is 0 Å². The van der Waals surface area contributed by atoms with Crippen LogP contribution in [0.2, 0.25) is 5.28 Å². The minimum Gasteiger partial charge on any atom is -0.459 e. The smallest absolute Gasteiger partial charge is 0.361 e. The van der Waals surface area contributed by atoms with Crippen molar-refractivity contribution in [2.75, 3.05) is 45.8 Å². The highest BCUT2D eigenvalue weighted by Crippen LogP contribution is 2.28. The van der Waals surface area contributed by atoms with Gasteiger partial charge in [0.2, 0.25) is 5.28 Å². The fraction of sp³-hybridized carbons (Fsp3) is 0.450. The highest BCUT2D eigenvalue weighted by Gasteiger charge is 2.24. The fourth-order valence-corrected chi connectivity index (χ4v) is 3.02. The van der Waals surface area contributed by atoms with E-state index in [1.165, 1.54) is 0 Å². The Labute approximate surface area is 185 Å². The highest BCUT2D eigenvalue weighted by molar-refractivity contribution is 6.29. The highest BCUT2D eigenvalue weighted by atomic mass is 35.5. The molecule has 11 heteroatoms. The van der Waals surface area contributed by atoms with Gasteiger partial charge in [0.05, 0.1) is 13.2 Å². The van der Waals surface area contributed by atoms with Gasteiger partial charge in [-0.25, -0.2) is 14.8 Å². The third-order valence-corrected chi connectivity index (χ3v) is 4.51. The summed E-state index contributed by atoms with van der Waals surface area (Å²) in [6.45, 7) is 6.08. The van der Waals surface area contributed by atoms with Gasteiger partial charge in [-0.2, -0.15) is 10.1 Å². The number of ether oxygens (including phenoxy) is 2. The van der Waals surface area contributed by atoms with Crippen LogP contribution in [0, 0.1) is 6.92 Å². The lowest BCUT2D eigenvalue weighted by molar-refractivity contribution is 0.0475. The average molecular weight is 448 g/mol. The first-order chi connectivity index (χ1) is 14.9. The number of rotatable bonds is 10. The summed E-state index contributed by atoms with van der Waals surface area (Å²) in [6.07, 6.45) is 1.69. The monoisotopic (exact) mass is 447 g/mol. The normalized spacial score (nSPS) is 11.3. The first-order valence-electron chi connectivity index (χ1n) is 9.92. The number of esters is 1. The van der Waals surface area contributed by atoms with Crippen molar-refractivity contribution in [2.45, 2.75) is 20.4 Å². The van der Waals surface area contributed by atoms with Gasteiger partial charge < -0.3 is 19.7 Å². The number of halogens is 1. The number of hydrogen-bond donors (Lipinski definition) is 1. The van der Waals surface area contributed by atoms with E-state index in [1.807, 2.05) is 45.0 Å². The minimum absolute atomic E-state index is 0.0191. The molecular weight excluding hydrogens is 422 g/mol. The van der Waals surface area contributed by atoms with Gasteiger partial charge in [0.1, 0.15) is 23.5 Å². The lowest BCUT2D eigenvalue weighted by Gasteiger charge is -2.10. The maximum absolute atomic E-state index is 12.7. The van der Waals surface area contributed by atoms with E-state index in [-0.39, 0.29) is 17.6 Å². The molecule has 0 fully saturated rings. The molecule has 0 atom stereocenters. The number of nitrogens with one attached hydrogen (secondary N) is 1. The summed E-state index contributed by atoms with van der Waals surface area (Å²) in [5.74, 6) is 0.407. The van der Waals surface area contributed by atoms with E-state index in [2.05, 4.69) is 25.4 Å². The Bertz CT molecular complexity index is 1050. The zero-order chi connectivity index (χ0) is 22.4. The molecular formula is C20H26ClN7O3. The molecule has 0 spiro atoms. The van der Waals surface area contributed by atoms with Gasteiger partial charge in [0.15, 0.2) is 11.5 Å². The number of anilines is 2. The SMILES string of the molecule is CCOCCn1nc(C(=O)OCCN(C)C)c2nc(Cl)nc(Nc3cc(C)ccn3)c21. The number of aromatic nitrogens is 5. The molecule has 0 aliphatic rings. The van der Waals surface area contributed by atoms with Gasteiger partial charge in [-0.1, -0.05) is 0 Å². The van der Waals surface area contributed by atoms with E-state index >= 15 is 0 Å². The number of fused-ring (bicyclic) bond motifs is 1. The fourth-order valence-electron chi connectivity index (χ4n) is 2.85. The lowest BCUT2D eigenvalue weighted by Crippen LogP contribution is -2.20. The third kappa shape index (κ3) is 5.87. The third-order valence-electron chi connectivity index (χ3n) is 4.34. The summed E-state index contributed by atoms with van der Waals surface area (Å²) in [7, 11) is 3.80. The van der Waals surface area contributed by atoms with Crippen LogP contribution in [0.5, 0.6) is 0 Å². The lowest BCUT2D eigenvalue weighted by atomic mass is 10.3. The molecule has 166 valence electrons. The van der Waals surface area contributed by atoms with Crippen LogP contribution in [0.1, 0.15) is 23.0 Å². The summed E-state index contributed by atoms with van der Waals surface area (Å²) in [6, 6.07) is 3.76. The quantitative estimate of drug-likeness (QED) is 0.285. The van der Waals surface area contributed by atoms with Crippen molar-refractivity contribution in [2.24, 2.45) is 0 Å². The minimum atomic E-state index is -0.573. The maximum Gasteiger partial charge on any atom is 0.361 e. The van der Waals surface area contributed by atoms with E-state index in [0.717, 1.165) is 5.56 Å². The molecule has 3 aromatic rings. The molecule has 0 radical (unpaired) electrons. The molecule has 31 heavy (non-hydrogen) atoms. The number of nitrogens with zero attached hydrogens (tertiary/aromatic N) is 6. The number of carbonyl (C=O) groups excluding carboxylic acids is 1. The molecule has 3 heterocycles. The second-order valence-electron chi connectivity index (χ2n) is 7.09. The molecule has 0 aromatic carbocycles. The maximum atomic E-state index is 12.7. The molecule has 0 aliphatic heterocycles. The number of hydrogen-bond acceptors (Lipinski definition) is 9. The molecule has 3 rings (SSSR count). The van der Waals surface area contributed by atoms with Gasteiger partial charge in [-0.05, 0) is 57.2 Å². The van der Waals surface area contributed by atoms with Crippen molar-refractivity contribution in [3.8, 4) is 0 Å². The molecule has 3 aromatic heterocycles. The van der Waals surface area contributed by atoms with Crippen molar-refractivity contribution in [1.29, 1.82) is 0 Å². The largest absolute Gasteiger partial charge is 0.459 e. The van der Waals surface area contributed by atoms with Gasteiger partial charge >= 0.3 is 5.97 Å². The summed E-state index contributed by atoms with van der Waals surface area (Å²) >= 11 is 6.18. The van der Waals surface area contributed by atoms with Crippen LogP contribution in [0.4, 0.5) is 11.6 Å². The van der Waals surface area contributed by atoms with Crippen molar-refractivity contribution < 1.29 is 14.3 Å². The number of pyridine rings is 1. The molecule has 0 saturated heterocycles. The van der Waals surface area contributed by atoms with Crippen LogP contribution in [0.3, 0.4) is 0 Å². The van der Waals surface area contributed by atoms with Crippen LogP contribution < -0.4 is 5.32 Å². The predicted octanol–water partition coefficient (Wildman–Crippen LogP) is 2.68. The van der Waals surface area contributed by atoms with E-state index < -0.39 is 5.97 Å². The Kier molecular flexibility index (Phi) is 7.72. The van der Waals surface area contributed by atoms with Crippen molar-refractivity contribution >= 4 is 40.2 Å². The second kappa shape index (κ2) is 10.5. The average Bonchev–Trinajstić information content (AvgIpc) is 3.06. The van der Waals surface area contributed by atoms with Crippen molar-refractivity contribution in [1.82, 2.24) is 29.6 Å². The van der Waals surface area contributed by atoms with Crippen LogP contribution in [0.15, 0.2) is 18.3 Å². The zero-order valence-corrected chi connectivity index (χ0v) is 18.8.